The predicted molar refractivity (Wildman–Crippen MR) is 52.9 cm³/mol. The van der Waals surface area contributed by atoms with Crippen LogP contribution in [-0.4, -0.2) is 28.2 Å². The van der Waals surface area contributed by atoms with Crippen molar-refractivity contribution in [3.05, 3.63) is 35.9 Å². The van der Waals surface area contributed by atoms with Gasteiger partial charge in [-0.25, -0.2) is 4.79 Å². The molecule has 3 N–H and O–H groups in total. The summed E-state index contributed by atoms with van der Waals surface area (Å²) in [7, 11) is -1.59. The number of aliphatic carboxylic acids is 1. The summed E-state index contributed by atoms with van der Waals surface area (Å²) in [6.45, 7) is 0. The molecule has 0 aliphatic rings. The van der Waals surface area contributed by atoms with Gasteiger partial charge in [-0.3, -0.25) is 0 Å². The summed E-state index contributed by atoms with van der Waals surface area (Å²) in [4.78, 5) is 10.2. The second kappa shape index (κ2) is 4.60. The Kier molecular flexibility index (Phi) is 3.44. The van der Waals surface area contributed by atoms with Crippen LogP contribution in [0, 0.1) is 0 Å². The summed E-state index contributed by atoms with van der Waals surface area (Å²) in [5, 5.41) is 26.3. The van der Waals surface area contributed by atoms with Crippen LogP contribution in [-0.2, 0) is 4.79 Å². The molecule has 14 heavy (non-hydrogen) atoms. The molecule has 0 aliphatic carbocycles. The lowest BCUT2D eigenvalue weighted by Crippen LogP contribution is -2.31. The zero-order chi connectivity index (χ0) is 10.6. The molecule has 0 unspecified atom stereocenters. The minimum Gasteiger partial charge on any atom is -0.478 e. The molecule has 0 heterocycles. The van der Waals surface area contributed by atoms with Crippen molar-refractivity contribution >= 4 is 24.6 Å². The van der Waals surface area contributed by atoms with Gasteiger partial charge in [0.1, 0.15) is 0 Å². The first kappa shape index (κ1) is 10.5. The van der Waals surface area contributed by atoms with Gasteiger partial charge in [-0.05, 0) is 17.1 Å². The van der Waals surface area contributed by atoms with Crippen molar-refractivity contribution in [2.24, 2.45) is 0 Å². The Labute approximate surface area is 81.3 Å². The van der Waals surface area contributed by atoms with E-state index in [4.69, 9.17) is 15.2 Å². The van der Waals surface area contributed by atoms with Crippen LogP contribution in [0.2, 0.25) is 0 Å². The molecule has 0 bridgehead atoms. The van der Waals surface area contributed by atoms with Crippen LogP contribution in [0.15, 0.2) is 30.3 Å². The predicted octanol–water partition coefficient (Wildman–Crippen LogP) is -0.536. The highest BCUT2D eigenvalue weighted by atomic mass is 16.4. The first-order chi connectivity index (χ1) is 6.61. The molecule has 0 saturated heterocycles. The summed E-state index contributed by atoms with van der Waals surface area (Å²) < 4.78 is 0. The van der Waals surface area contributed by atoms with Crippen LogP contribution in [0.4, 0.5) is 0 Å². The minimum absolute atomic E-state index is 0.282. The van der Waals surface area contributed by atoms with Gasteiger partial charge in [0, 0.05) is 6.08 Å². The molecule has 1 aromatic carbocycles. The summed E-state index contributed by atoms with van der Waals surface area (Å²) >= 11 is 0. The fourth-order valence-corrected chi connectivity index (χ4v) is 1.06. The first-order valence-electron chi connectivity index (χ1n) is 3.97. The molecule has 0 saturated carbocycles. The number of hydrogen-bond acceptors (Lipinski definition) is 3. The third-order valence-electron chi connectivity index (χ3n) is 1.68. The zero-order valence-corrected chi connectivity index (χ0v) is 7.29. The maximum absolute atomic E-state index is 10.2. The molecule has 72 valence electrons. The van der Waals surface area contributed by atoms with Gasteiger partial charge in [0.2, 0.25) is 0 Å². The van der Waals surface area contributed by atoms with Crippen molar-refractivity contribution in [2.75, 3.05) is 0 Å². The number of carboxylic acids is 1. The average molecular weight is 192 g/mol. The van der Waals surface area contributed by atoms with E-state index in [2.05, 4.69) is 0 Å². The molecule has 0 aliphatic heterocycles. The Hall–Kier alpha value is -1.59. The van der Waals surface area contributed by atoms with Crippen molar-refractivity contribution in [3.63, 3.8) is 0 Å². The lowest BCUT2D eigenvalue weighted by Gasteiger charge is -2.02. The molecule has 0 fully saturated rings. The second-order valence-corrected chi connectivity index (χ2v) is 2.67. The van der Waals surface area contributed by atoms with Gasteiger partial charge < -0.3 is 15.2 Å². The van der Waals surface area contributed by atoms with E-state index in [1.54, 1.807) is 18.2 Å². The van der Waals surface area contributed by atoms with Crippen LogP contribution in [0.5, 0.6) is 0 Å². The number of hydrogen-bond donors (Lipinski definition) is 3. The third kappa shape index (κ3) is 2.72. The molecular formula is C9H9BO4. The van der Waals surface area contributed by atoms with E-state index in [1.807, 2.05) is 0 Å². The Morgan fingerprint density at radius 3 is 2.50 bits per heavy atom. The summed E-state index contributed by atoms with van der Waals surface area (Å²) in [5.41, 5.74) is 0.759. The molecule has 0 spiro atoms. The van der Waals surface area contributed by atoms with Crippen LogP contribution >= 0.6 is 0 Å². The topological polar surface area (TPSA) is 77.8 Å². The van der Waals surface area contributed by atoms with Crippen molar-refractivity contribution < 1.29 is 19.9 Å². The highest BCUT2D eigenvalue weighted by Crippen LogP contribution is 1.99. The van der Waals surface area contributed by atoms with Crippen molar-refractivity contribution in [1.29, 1.82) is 0 Å². The van der Waals surface area contributed by atoms with Crippen molar-refractivity contribution in [2.45, 2.75) is 0 Å². The van der Waals surface area contributed by atoms with E-state index >= 15 is 0 Å². The van der Waals surface area contributed by atoms with Crippen molar-refractivity contribution in [3.8, 4) is 0 Å². The second-order valence-electron chi connectivity index (χ2n) is 2.67. The maximum Gasteiger partial charge on any atom is 0.489 e. The summed E-state index contributed by atoms with van der Waals surface area (Å²) in [5.74, 6) is -1.08. The molecule has 1 aromatic rings. The zero-order valence-electron chi connectivity index (χ0n) is 7.29. The minimum atomic E-state index is -1.59. The van der Waals surface area contributed by atoms with Gasteiger partial charge in [-0.1, -0.05) is 24.3 Å². The molecule has 0 amide bonds. The fourth-order valence-electron chi connectivity index (χ4n) is 1.06. The van der Waals surface area contributed by atoms with Gasteiger partial charge in [0.15, 0.2) is 0 Å². The monoisotopic (exact) mass is 192 g/mol. The van der Waals surface area contributed by atoms with E-state index in [9.17, 15) is 4.79 Å². The van der Waals surface area contributed by atoms with E-state index in [1.165, 1.54) is 12.1 Å². The van der Waals surface area contributed by atoms with Gasteiger partial charge >= 0.3 is 13.1 Å². The molecular weight excluding hydrogens is 183 g/mol. The average Bonchev–Trinajstić information content (AvgIpc) is 2.15. The third-order valence-corrected chi connectivity index (χ3v) is 1.68. The summed E-state index contributed by atoms with van der Waals surface area (Å²) in [6.07, 6.45) is 2.26. The molecule has 5 heteroatoms. The van der Waals surface area contributed by atoms with Crippen LogP contribution in [0.1, 0.15) is 5.56 Å². The van der Waals surface area contributed by atoms with E-state index < -0.39 is 13.1 Å². The standard InChI is InChI=1S/C9H9BO4/c11-9(12)6-5-7-3-1-2-4-8(7)10(13)14/h1-6,13-14H,(H,11,12)/b6-5-. The number of benzene rings is 1. The number of rotatable bonds is 3. The quantitative estimate of drug-likeness (QED) is 0.444. The van der Waals surface area contributed by atoms with E-state index in [-0.39, 0.29) is 5.46 Å². The van der Waals surface area contributed by atoms with Gasteiger partial charge in [0.05, 0.1) is 0 Å². The highest BCUT2D eigenvalue weighted by molar-refractivity contribution is 6.59. The fraction of sp³-hybridized carbons (Fsp3) is 0. The van der Waals surface area contributed by atoms with Gasteiger partial charge in [-0.2, -0.15) is 0 Å². The Balaban J connectivity index is 3.01. The smallest absolute Gasteiger partial charge is 0.478 e. The Morgan fingerprint density at radius 1 is 1.29 bits per heavy atom. The van der Waals surface area contributed by atoms with Gasteiger partial charge in [-0.15, -0.1) is 0 Å². The molecule has 0 aromatic heterocycles. The maximum atomic E-state index is 10.2. The van der Waals surface area contributed by atoms with Crippen LogP contribution in [0.25, 0.3) is 6.08 Å². The lowest BCUT2D eigenvalue weighted by molar-refractivity contribution is -0.131. The Bertz CT molecular complexity index is 360. The molecule has 1 rings (SSSR count). The van der Waals surface area contributed by atoms with Crippen molar-refractivity contribution in [1.82, 2.24) is 0 Å². The lowest BCUT2D eigenvalue weighted by atomic mass is 9.77. The first-order valence-corrected chi connectivity index (χ1v) is 3.97. The molecule has 4 nitrogen and oxygen atoms in total. The Morgan fingerprint density at radius 2 is 1.93 bits per heavy atom. The molecule has 0 atom stereocenters. The normalized spacial score (nSPS) is 10.4. The van der Waals surface area contributed by atoms with Gasteiger partial charge in [0.25, 0.3) is 0 Å². The largest absolute Gasteiger partial charge is 0.489 e. The van der Waals surface area contributed by atoms with Crippen LogP contribution < -0.4 is 5.46 Å². The molecule has 0 radical (unpaired) electrons. The van der Waals surface area contributed by atoms with E-state index in [0.29, 0.717) is 5.56 Å². The highest BCUT2D eigenvalue weighted by Gasteiger charge is 2.13. The SMILES string of the molecule is O=C(O)/C=C\c1ccccc1B(O)O. The number of carbonyl (C=O) groups is 1. The summed E-state index contributed by atoms with van der Waals surface area (Å²) in [6, 6.07) is 6.46. The van der Waals surface area contributed by atoms with E-state index in [0.717, 1.165) is 6.08 Å². The number of carboxylic acid groups (broad SMARTS) is 1. The van der Waals surface area contributed by atoms with Crippen LogP contribution in [0.3, 0.4) is 0 Å².